The van der Waals surface area contributed by atoms with Crippen molar-refractivity contribution >= 4 is 11.6 Å². The number of nitrogens with one attached hydrogen (secondary N) is 1. The molecule has 1 saturated carbocycles. The average molecular weight is 208 g/mol. The summed E-state index contributed by atoms with van der Waals surface area (Å²) in [7, 11) is 0. The molecule has 0 saturated heterocycles. The minimum atomic E-state index is -0.566. The van der Waals surface area contributed by atoms with Gasteiger partial charge in [0.25, 0.3) is 5.91 Å². The molecule has 0 aliphatic heterocycles. The van der Waals surface area contributed by atoms with Crippen LogP contribution in [-0.4, -0.2) is 12.5 Å². The van der Waals surface area contributed by atoms with E-state index >= 15 is 0 Å². The van der Waals surface area contributed by atoms with E-state index in [-0.39, 0.29) is 11.5 Å². The number of halogens is 1. The number of rotatable bonds is 3. The van der Waals surface area contributed by atoms with Crippen LogP contribution in [-0.2, 0) is 0 Å². The molecule has 1 amide bonds. The summed E-state index contributed by atoms with van der Waals surface area (Å²) in [6.45, 7) is 0.642. The van der Waals surface area contributed by atoms with Crippen LogP contribution in [0.25, 0.3) is 0 Å². The Morgan fingerprint density at radius 2 is 2.27 bits per heavy atom. The highest BCUT2D eigenvalue weighted by molar-refractivity contribution is 5.94. The van der Waals surface area contributed by atoms with E-state index in [1.165, 1.54) is 12.1 Å². The molecule has 3 N–H and O–H groups in total. The van der Waals surface area contributed by atoms with Crippen LogP contribution in [0.5, 0.6) is 0 Å². The van der Waals surface area contributed by atoms with Crippen LogP contribution >= 0.6 is 0 Å². The summed E-state index contributed by atoms with van der Waals surface area (Å²) >= 11 is 0. The smallest absolute Gasteiger partial charge is 0.254 e. The number of amides is 1. The molecular formula is C11H13FN2O. The van der Waals surface area contributed by atoms with Gasteiger partial charge in [0.15, 0.2) is 0 Å². The zero-order valence-electron chi connectivity index (χ0n) is 8.29. The van der Waals surface area contributed by atoms with Crippen molar-refractivity contribution in [3.8, 4) is 0 Å². The third-order valence-corrected chi connectivity index (χ3v) is 2.49. The predicted molar refractivity (Wildman–Crippen MR) is 55.9 cm³/mol. The summed E-state index contributed by atoms with van der Waals surface area (Å²) in [6.07, 6.45) is 2.31. The lowest BCUT2D eigenvalue weighted by Crippen LogP contribution is -2.26. The molecule has 0 heterocycles. The number of carbonyl (C=O) groups excluding carboxylic acids is 1. The van der Waals surface area contributed by atoms with Crippen molar-refractivity contribution in [1.82, 2.24) is 5.32 Å². The summed E-state index contributed by atoms with van der Waals surface area (Å²) < 4.78 is 13.3. The van der Waals surface area contributed by atoms with Gasteiger partial charge in [-0.05, 0) is 37.0 Å². The topological polar surface area (TPSA) is 55.1 Å². The predicted octanol–water partition coefficient (Wildman–Crippen LogP) is 1.55. The Bertz CT molecular complexity index is 388. The van der Waals surface area contributed by atoms with Crippen LogP contribution in [0.4, 0.5) is 10.1 Å². The maximum absolute atomic E-state index is 13.3. The van der Waals surface area contributed by atoms with Gasteiger partial charge in [0, 0.05) is 12.2 Å². The second-order valence-electron chi connectivity index (χ2n) is 3.89. The van der Waals surface area contributed by atoms with E-state index in [2.05, 4.69) is 5.32 Å². The summed E-state index contributed by atoms with van der Waals surface area (Å²) in [4.78, 5) is 11.5. The first kappa shape index (κ1) is 9.96. The molecule has 0 radical (unpaired) electrons. The average Bonchev–Trinajstić information content (AvgIpc) is 2.97. The largest absolute Gasteiger partial charge is 0.399 e. The molecule has 80 valence electrons. The van der Waals surface area contributed by atoms with E-state index in [9.17, 15) is 9.18 Å². The number of nitrogen functional groups attached to an aromatic ring is 1. The Kier molecular flexibility index (Phi) is 2.58. The van der Waals surface area contributed by atoms with Crippen LogP contribution in [0.1, 0.15) is 23.2 Å². The summed E-state index contributed by atoms with van der Waals surface area (Å²) in [5, 5.41) is 2.70. The third kappa shape index (κ3) is 2.46. The fraction of sp³-hybridized carbons (Fsp3) is 0.364. The highest BCUT2D eigenvalue weighted by Crippen LogP contribution is 2.27. The van der Waals surface area contributed by atoms with Gasteiger partial charge >= 0.3 is 0 Å². The van der Waals surface area contributed by atoms with E-state index in [4.69, 9.17) is 5.73 Å². The van der Waals surface area contributed by atoms with Crippen LogP contribution in [0.2, 0.25) is 0 Å². The Balaban J connectivity index is 2.03. The van der Waals surface area contributed by atoms with Gasteiger partial charge < -0.3 is 11.1 Å². The number of hydrogen-bond donors (Lipinski definition) is 2. The van der Waals surface area contributed by atoms with Crippen molar-refractivity contribution in [3.63, 3.8) is 0 Å². The van der Waals surface area contributed by atoms with E-state index < -0.39 is 5.82 Å². The standard InChI is InChI=1S/C11H13FN2O/c12-10-5-8(13)3-4-9(10)11(15)14-6-7-1-2-7/h3-5,7H,1-2,6,13H2,(H,14,15). The highest BCUT2D eigenvalue weighted by atomic mass is 19.1. The number of hydrogen-bond acceptors (Lipinski definition) is 2. The zero-order chi connectivity index (χ0) is 10.8. The van der Waals surface area contributed by atoms with Crippen molar-refractivity contribution in [2.75, 3.05) is 12.3 Å². The molecule has 1 fully saturated rings. The maximum Gasteiger partial charge on any atom is 0.254 e. The monoisotopic (exact) mass is 208 g/mol. The van der Waals surface area contributed by atoms with Gasteiger partial charge in [-0.1, -0.05) is 0 Å². The minimum absolute atomic E-state index is 0.0600. The first-order valence-electron chi connectivity index (χ1n) is 5.00. The molecule has 3 nitrogen and oxygen atoms in total. The Morgan fingerprint density at radius 1 is 1.53 bits per heavy atom. The third-order valence-electron chi connectivity index (χ3n) is 2.49. The second-order valence-corrected chi connectivity index (χ2v) is 3.89. The van der Waals surface area contributed by atoms with Gasteiger partial charge in [0.2, 0.25) is 0 Å². The first-order chi connectivity index (χ1) is 7.16. The molecule has 2 rings (SSSR count). The van der Waals surface area contributed by atoms with E-state index in [0.717, 1.165) is 18.9 Å². The van der Waals surface area contributed by atoms with Gasteiger partial charge in [0.05, 0.1) is 5.56 Å². The normalized spacial score (nSPS) is 15.0. The maximum atomic E-state index is 13.3. The molecular weight excluding hydrogens is 195 g/mol. The van der Waals surface area contributed by atoms with Crippen LogP contribution < -0.4 is 11.1 Å². The van der Waals surface area contributed by atoms with Crippen LogP contribution in [0.3, 0.4) is 0 Å². The van der Waals surface area contributed by atoms with Gasteiger partial charge in [-0.15, -0.1) is 0 Å². The molecule has 1 aromatic carbocycles. The number of benzene rings is 1. The molecule has 0 spiro atoms. The van der Waals surface area contributed by atoms with E-state index in [1.54, 1.807) is 0 Å². The van der Waals surface area contributed by atoms with Crippen molar-refractivity contribution in [2.24, 2.45) is 5.92 Å². The molecule has 0 unspecified atom stereocenters. The lowest BCUT2D eigenvalue weighted by atomic mass is 10.2. The molecule has 1 aliphatic rings. The Hall–Kier alpha value is -1.58. The number of anilines is 1. The molecule has 1 aliphatic carbocycles. The molecule has 15 heavy (non-hydrogen) atoms. The molecule has 0 bridgehead atoms. The Labute approximate surface area is 87.5 Å². The second kappa shape index (κ2) is 3.88. The molecule has 0 atom stereocenters. The Morgan fingerprint density at radius 3 is 2.87 bits per heavy atom. The fourth-order valence-corrected chi connectivity index (χ4v) is 1.37. The van der Waals surface area contributed by atoms with Gasteiger partial charge in [-0.2, -0.15) is 0 Å². The van der Waals surface area contributed by atoms with Crippen molar-refractivity contribution in [1.29, 1.82) is 0 Å². The quantitative estimate of drug-likeness (QED) is 0.740. The SMILES string of the molecule is Nc1ccc(C(=O)NCC2CC2)c(F)c1. The zero-order valence-corrected chi connectivity index (χ0v) is 8.29. The van der Waals surface area contributed by atoms with E-state index in [0.29, 0.717) is 18.2 Å². The van der Waals surface area contributed by atoms with Crippen molar-refractivity contribution < 1.29 is 9.18 Å². The van der Waals surface area contributed by atoms with Crippen LogP contribution in [0, 0.1) is 11.7 Å². The fourth-order valence-electron chi connectivity index (χ4n) is 1.37. The summed E-state index contributed by atoms with van der Waals surface area (Å²) in [5.74, 6) is -0.339. The van der Waals surface area contributed by atoms with Crippen LogP contribution in [0.15, 0.2) is 18.2 Å². The lowest BCUT2D eigenvalue weighted by molar-refractivity contribution is 0.0948. The van der Waals surface area contributed by atoms with Crippen molar-refractivity contribution in [2.45, 2.75) is 12.8 Å². The molecule has 0 aromatic heterocycles. The lowest BCUT2D eigenvalue weighted by Gasteiger charge is -2.05. The van der Waals surface area contributed by atoms with Gasteiger partial charge in [-0.3, -0.25) is 4.79 Å². The van der Waals surface area contributed by atoms with E-state index in [1.807, 2.05) is 0 Å². The summed E-state index contributed by atoms with van der Waals surface area (Å²) in [5.41, 5.74) is 5.77. The molecule has 4 heteroatoms. The first-order valence-corrected chi connectivity index (χ1v) is 5.00. The number of carbonyl (C=O) groups is 1. The highest BCUT2D eigenvalue weighted by Gasteiger charge is 2.22. The van der Waals surface area contributed by atoms with Gasteiger partial charge in [0.1, 0.15) is 5.82 Å². The van der Waals surface area contributed by atoms with Crippen molar-refractivity contribution in [3.05, 3.63) is 29.6 Å². The molecule has 1 aromatic rings. The van der Waals surface area contributed by atoms with Gasteiger partial charge in [-0.25, -0.2) is 4.39 Å². The minimum Gasteiger partial charge on any atom is -0.399 e. The summed E-state index contributed by atoms with van der Waals surface area (Å²) in [6, 6.07) is 4.09. The number of nitrogens with two attached hydrogens (primary N) is 1.